The summed E-state index contributed by atoms with van der Waals surface area (Å²) in [4.78, 5) is 28.4. The van der Waals surface area contributed by atoms with Gasteiger partial charge >= 0.3 is 6.09 Å². The van der Waals surface area contributed by atoms with Crippen LogP contribution in [0.3, 0.4) is 0 Å². The lowest BCUT2D eigenvalue weighted by molar-refractivity contribution is -0.117. The molecule has 7 nitrogen and oxygen atoms in total. The maximum absolute atomic E-state index is 13.9. The summed E-state index contributed by atoms with van der Waals surface area (Å²) in [5.41, 5.74) is 1.45. The molecule has 0 radical (unpaired) electrons. The normalized spacial score (nSPS) is 16.3. The number of hydrogen-bond acceptors (Lipinski definition) is 5. The number of para-hydroxylation sites is 1. The molecule has 186 valence electrons. The predicted molar refractivity (Wildman–Crippen MR) is 130 cm³/mol. The zero-order valence-corrected chi connectivity index (χ0v) is 19.5. The molecule has 2 heterocycles. The molecule has 1 saturated heterocycles. The minimum absolute atomic E-state index is 0.0831. The Hall–Kier alpha value is -3.98. The molecule has 2 amide bonds. The molecule has 0 bridgehead atoms. The first-order chi connectivity index (χ1) is 17.5. The van der Waals surface area contributed by atoms with Gasteiger partial charge in [-0.25, -0.2) is 13.6 Å². The van der Waals surface area contributed by atoms with E-state index in [1.807, 2.05) is 35.2 Å². The summed E-state index contributed by atoms with van der Waals surface area (Å²) >= 11 is 0. The van der Waals surface area contributed by atoms with Crippen molar-refractivity contribution in [1.29, 1.82) is 0 Å². The summed E-state index contributed by atoms with van der Waals surface area (Å²) in [5.74, 6) is -0.712. The third-order valence-corrected chi connectivity index (χ3v) is 6.34. The molecule has 2 aliphatic heterocycles. The number of fused-ring (bicyclic) bond motifs is 1. The summed E-state index contributed by atoms with van der Waals surface area (Å²) in [6.45, 7) is 1.27. The number of carbonyl (C=O) groups is 2. The number of anilines is 2. The van der Waals surface area contributed by atoms with Crippen molar-refractivity contribution in [2.75, 3.05) is 29.9 Å². The van der Waals surface area contributed by atoms with Gasteiger partial charge in [0.1, 0.15) is 18.1 Å². The Labute approximate surface area is 207 Å². The Morgan fingerprint density at radius 2 is 1.64 bits per heavy atom. The van der Waals surface area contributed by atoms with Gasteiger partial charge in [0, 0.05) is 36.4 Å². The van der Waals surface area contributed by atoms with E-state index in [4.69, 9.17) is 9.47 Å². The van der Waals surface area contributed by atoms with E-state index >= 15 is 0 Å². The molecule has 0 atom stereocenters. The van der Waals surface area contributed by atoms with Crippen molar-refractivity contribution in [3.05, 3.63) is 83.9 Å². The molecule has 0 saturated carbocycles. The van der Waals surface area contributed by atoms with Crippen LogP contribution in [0.25, 0.3) is 0 Å². The Balaban J connectivity index is 1.13. The fourth-order valence-electron chi connectivity index (χ4n) is 4.54. The van der Waals surface area contributed by atoms with E-state index in [2.05, 4.69) is 5.32 Å². The fourth-order valence-corrected chi connectivity index (χ4v) is 4.54. The number of cyclic esters (lactones) is 1. The van der Waals surface area contributed by atoms with E-state index in [0.717, 1.165) is 17.9 Å². The molecule has 0 aliphatic carbocycles. The zero-order valence-electron chi connectivity index (χ0n) is 19.5. The topological polar surface area (TPSA) is 71.1 Å². The van der Waals surface area contributed by atoms with Crippen molar-refractivity contribution in [1.82, 2.24) is 4.90 Å². The first-order valence-electron chi connectivity index (χ1n) is 11.8. The summed E-state index contributed by atoms with van der Waals surface area (Å²) in [7, 11) is 0. The lowest BCUT2D eigenvalue weighted by Crippen LogP contribution is -2.50. The van der Waals surface area contributed by atoms with Gasteiger partial charge in [-0.15, -0.1) is 0 Å². The molecule has 2 aliphatic rings. The van der Waals surface area contributed by atoms with Gasteiger partial charge in [0.25, 0.3) is 0 Å². The number of carbonyl (C=O) groups excluding carboxylic acids is 2. The number of halogens is 2. The van der Waals surface area contributed by atoms with Gasteiger partial charge in [-0.3, -0.25) is 14.6 Å². The van der Waals surface area contributed by atoms with Crippen molar-refractivity contribution < 1.29 is 27.8 Å². The second-order valence-corrected chi connectivity index (χ2v) is 8.81. The van der Waals surface area contributed by atoms with Crippen LogP contribution in [0, 0.1) is 11.6 Å². The van der Waals surface area contributed by atoms with Gasteiger partial charge in [0.15, 0.2) is 11.6 Å². The number of piperidine rings is 1. The van der Waals surface area contributed by atoms with E-state index < -0.39 is 17.7 Å². The van der Waals surface area contributed by atoms with E-state index in [9.17, 15) is 18.4 Å². The molecule has 1 N–H and O–H groups in total. The number of nitrogens with one attached hydrogen (secondary N) is 1. The number of ether oxygens (including phenoxy) is 2. The number of amides is 2. The Kier molecular flexibility index (Phi) is 6.81. The summed E-state index contributed by atoms with van der Waals surface area (Å²) in [6.07, 6.45) is 0.586. The highest BCUT2D eigenvalue weighted by molar-refractivity contribution is 5.92. The second-order valence-electron chi connectivity index (χ2n) is 8.81. The van der Waals surface area contributed by atoms with Crippen molar-refractivity contribution in [3.63, 3.8) is 0 Å². The van der Waals surface area contributed by atoms with Crippen molar-refractivity contribution in [2.45, 2.75) is 25.5 Å². The standard InChI is InChI=1S/C27H25F2N3O4/c28-23-14-18-17-35-27(34)32(25(18)15-24(23)29)20-10-12-31(13-11-20)16-26(33)30-19-6-8-22(9-7-19)36-21-4-2-1-3-5-21/h1-9,14-15,20H,10-13,16-17H2,(H,30,33). The molecule has 36 heavy (non-hydrogen) atoms. The van der Waals surface area contributed by atoms with Crippen LogP contribution in [0.2, 0.25) is 0 Å². The number of rotatable bonds is 6. The Morgan fingerprint density at radius 1 is 0.972 bits per heavy atom. The SMILES string of the molecule is O=C(CN1CCC(N2C(=O)OCc3cc(F)c(F)cc32)CC1)Nc1ccc(Oc2ccccc2)cc1. The lowest BCUT2D eigenvalue weighted by atomic mass is 10.0. The number of hydrogen-bond donors (Lipinski definition) is 1. The minimum atomic E-state index is -0.998. The average molecular weight is 494 g/mol. The van der Waals surface area contributed by atoms with Crippen molar-refractivity contribution in [3.8, 4) is 11.5 Å². The van der Waals surface area contributed by atoms with Gasteiger partial charge in [-0.2, -0.15) is 0 Å². The van der Waals surface area contributed by atoms with Crippen molar-refractivity contribution in [2.24, 2.45) is 0 Å². The van der Waals surface area contributed by atoms with Crippen LogP contribution in [-0.2, 0) is 16.1 Å². The van der Waals surface area contributed by atoms with Gasteiger partial charge < -0.3 is 14.8 Å². The highest BCUT2D eigenvalue weighted by Gasteiger charge is 2.35. The third-order valence-electron chi connectivity index (χ3n) is 6.34. The van der Waals surface area contributed by atoms with E-state index in [1.54, 1.807) is 24.3 Å². The number of likely N-dealkylation sites (tertiary alicyclic amines) is 1. The van der Waals surface area contributed by atoms with E-state index in [0.29, 0.717) is 48.6 Å². The molecule has 9 heteroatoms. The lowest BCUT2D eigenvalue weighted by Gasteiger charge is -2.40. The first-order valence-corrected chi connectivity index (χ1v) is 11.8. The average Bonchev–Trinajstić information content (AvgIpc) is 2.88. The molecule has 0 spiro atoms. The molecule has 1 fully saturated rings. The van der Waals surface area contributed by atoms with Gasteiger partial charge in [-0.05, 0) is 55.3 Å². The van der Waals surface area contributed by atoms with Crippen LogP contribution in [0.15, 0.2) is 66.7 Å². The zero-order chi connectivity index (χ0) is 25.1. The van der Waals surface area contributed by atoms with Crippen LogP contribution in [0.4, 0.5) is 25.0 Å². The molecule has 0 unspecified atom stereocenters. The predicted octanol–water partition coefficient (Wildman–Crippen LogP) is 5.32. The fraction of sp³-hybridized carbons (Fsp3) is 0.259. The van der Waals surface area contributed by atoms with E-state index in [1.165, 1.54) is 4.90 Å². The largest absolute Gasteiger partial charge is 0.457 e. The maximum Gasteiger partial charge on any atom is 0.414 e. The Morgan fingerprint density at radius 3 is 2.36 bits per heavy atom. The summed E-state index contributed by atoms with van der Waals surface area (Å²) < 4.78 is 38.4. The minimum Gasteiger partial charge on any atom is -0.457 e. The maximum atomic E-state index is 13.9. The first kappa shape index (κ1) is 23.7. The highest BCUT2D eigenvalue weighted by Crippen LogP contribution is 2.33. The molecule has 3 aromatic rings. The monoisotopic (exact) mass is 493 g/mol. The quantitative estimate of drug-likeness (QED) is 0.504. The van der Waals surface area contributed by atoms with Crippen LogP contribution in [0.5, 0.6) is 11.5 Å². The number of benzene rings is 3. The number of nitrogens with zero attached hydrogens (tertiary/aromatic N) is 2. The van der Waals surface area contributed by atoms with Gasteiger partial charge in [0.2, 0.25) is 5.91 Å². The molecular weight excluding hydrogens is 468 g/mol. The molecule has 0 aromatic heterocycles. The van der Waals surface area contributed by atoms with Gasteiger partial charge in [-0.1, -0.05) is 18.2 Å². The summed E-state index contributed by atoms with van der Waals surface area (Å²) in [5, 5.41) is 2.89. The van der Waals surface area contributed by atoms with Crippen molar-refractivity contribution >= 4 is 23.4 Å². The van der Waals surface area contributed by atoms with Crippen LogP contribution >= 0.6 is 0 Å². The van der Waals surface area contributed by atoms with Crippen LogP contribution in [-0.4, -0.2) is 42.6 Å². The Bertz CT molecular complexity index is 1250. The molecular formula is C27H25F2N3O4. The molecule has 3 aromatic carbocycles. The third kappa shape index (κ3) is 5.31. The smallest absolute Gasteiger partial charge is 0.414 e. The highest BCUT2D eigenvalue weighted by atomic mass is 19.2. The second kappa shape index (κ2) is 10.3. The van der Waals surface area contributed by atoms with E-state index in [-0.39, 0.29) is 25.1 Å². The van der Waals surface area contributed by atoms with Crippen LogP contribution in [0.1, 0.15) is 18.4 Å². The summed E-state index contributed by atoms with van der Waals surface area (Å²) in [6, 6.07) is 18.5. The van der Waals surface area contributed by atoms with Gasteiger partial charge in [0.05, 0.1) is 12.2 Å². The van der Waals surface area contributed by atoms with Crippen LogP contribution < -0.4 is 15.0 Å². The molecule has 5 rings (SSSR count).